The number of benzene rings is 1. The van der Waals surface area contributed by atoms with Gasteiger partial charge in [0.05, 0.1) is 19.8 Å². The van der Waals surface area contributed by atoms with Gasteiger partial charge in [-0.05, 0) is 25.0 Å². The number of ether oxygens (including phenoxy) is 1. The molecule has 0 saturated carbocycles. The highest BCUT2D eigenvalue weighted by Crippen LogP contribution is 2.27. The molecule has 2 unspecified atom stereocenters. The van der Waals surface area contributed by atoms with Gasteiger partial charge in [-0.2, -0.15) is 0 Å². The van der Waals surface area contributed by atoms with Gasteiger partial charge in [-0.15, -0.1) is 0 Å². The highest BCUT2D eigenvalue weighted by atomic mass is 16.5. The third-order valence-electron chi connectivity index (χ3n) is 3.62. The number of hydrogen-bond acceptors (Lipinski definition) is 5. The molecule has 0 aliphatic carbocycles. The first-order chi connectivity index (χ1) is 9.88. The molecule has 6 heteroatoms. The van der Waals surface area contributed by atoms with Crippen molar-refractivity contribution in [1.29, 1.82) is 0 Å². The van der Waals surface area contributed by atoms with E-state index in [0.29, 0.717) is 5.56 Å². The Balaban J connectivity index is 2.32. The molecule has 1 aromatic carbocycles. The number of methoxy groups -OCH3 is 1. The minimum Gasteiger partial charge on any atom is -0.468 e. The van der Waals surface area contributed by atoms with Crippen LogP contribution in [-0.2, 0) is 20.9 Å². The molecule has 1 heterocycles. The van der Waals surface area contributed by atoms with Crippen LogP contribution in [-0.4, -0.2) is 41.0 Å². The van der Waals surface area contributed by atoms with Gasteiger partial charge in [-0.1, -0.05) is 18.2 Å². The molecular weight excluding hydrogens is 274 g/mol. The number of carbonyl (C=O) groups excluding carboxylic acids is 3. The van der Waals surface area contributed by atoms with E-state index in [1.54, 1.807) is 19.1 Å². The minimum absolute atomic E-state index is 0.106. The van der Waals surface area contributed by atoms with Crippen LogP contribution in [0, 0.1) is 12.8 Å². The van der Waals surface area contributed by atoms with Crippen LogP contribution in [0.5, 0.6) is 0 Å². The summed E-state index contributed by atoms with van der Waals surface area (Å²) in [6.07, 6.45) is -1.23. The molecule has 2 atom stereocenters. The molecule has 0 aromatic heterocycles. The maximum Gasteiger partial charge on any atom is 0.320 e. The van der Waals surface area contributed by atoms with E-state index in [1.807, 2.05) is 6.07 Å². The number of hydrogen-bond donors (Lipinski definition) is 1. The fourth-order valence-corrected chi connectivity index (χ4v) is 2.52. The Bertz CT molecular complexity index is 608. The topological polar surface area (TPSA) is 83.9 Å². The standard InChI is InChI=1S/C15H17NO5/c1-8-5-4-6-10-7-16(13(18)11(8)10)14(19)12(9(2)17)15(20)21-3/h4-6,9,12,17H,7H2,1-3H3. The van der Waals surface area contributed by atoms with Crippen LogP contribution in [0.15, 0.2) is 18.2 Å². The third-order valence-corrected chi connectivity index (χ3v) is 3.62. The Morgan fingerprint density at radius 1 is 1.38 bits per heavy atom. The quantitative estimate of drug-likeness (QED) is 0.653. The van der Waals surface area contributed by atoms with Crippen LogP contribution in [0.2, 0.25) is 0 Å². The Morgan fingerprint density at radius 3 is 2.57 bits per heavy atom. The van der Waals surface area contributed by atoms with Crippen LogP contribution in [0.3, 0.4) is 0 Å². The number of nitrogens with zero attached hydrogens (tertiary/aromatic N) is 1. The van der Waals surface area contributed by atoms with Gasteiger partial charge in [0.25, 0.3) is 5.91 Å². The predicted molar refractivity (Wildman–Crippen MR) is 73.2 cm³/mol. The van der Waals surface area contributed by atoms with E-state index in [1.165, 1.54) is 6.92 Å². The molecule has 112 valence electrons. The number of fused-ring (bicyclic) bond motifs is 1. The Morgan fingerprint density at radius 2 is 2.05 bits per heavy atom. The number of carbonyl (C=O) groups is 3. The first-order valence-electron chi connectivity index (χ1n) is 6.58. The summed E-state index contributed by atoms with van der Waals surface area (Å²) in [7, 11) is 1.13. The summed E-state index contributed by atoms with van der Waals surface area (Å²) in [6.45, 7) is 3.21. The summed E-state index contributed by atoms with van der Waals surface area (Å²) in [5, 5.41) is 9.64. The van der Waals surface area contributed by atoms with Crippen molar-refractivity contribution in [1.82, 2.24) is 4.90 Å². The normalized spacial score (nSPS) is 16.4. The van der Waals surface area contributed by atoms with Crippen molar-refractivity contribution in [2.24, 2.45) is 5.92 Å². The van der Waals surface area contributed by atoms with E-state index in [0.717, 1.165) is 23.1 Å². The van der Waals surface area contributed by atoms with Crippen molar-refractivity contribution < 1.29 is 24.2 Å². The lowest BCUT2D eigenvalue weighted by Gasteiger charge is -2.22. The third kappa shape index (κ3) is 2.54. The lowest BCUT2D eigenvalue weighted by Crippen LogP contribution is -2.44. The summed E-state index contributed by atoms with van der Waals surface area (Å²) in [4.78, 5) is 37.4. The summed E-state index contributed by atoms with van der Waals surface area (Å²) < 4.78 is 4.53. The Labute approximate surface area is 122 Å². The van der Waals surface area contributed by atoms with Crippen molar-refractivity contribution in [3.05, 3.63) is 34.9 Å². The largest absolute Gasteiger partial charge is 0.468 e. The molecule has 1 aliphatic rings. The van der Waals surface area contributed by atoms with Gasteiger partial charge in [0.1, 0.15) is 0 Å². The van der Waals surface area contributed by atoms with Crippen LogP contribution < -0.4 is 0 Å². The van der Waals surface area contributed by atoms with Gasteiger partial charge in [0.15, 0.2) is 5.92 Å². The molecular formula is C15H17NO5. The van der Waals surface area contributed by atoms with Gasteiger partial charge >= 0.3 is 5.97 Å². The van der Waals surface area contributed by atoms with Crippen molar-refractivity contribution >= 4 is 17.8 Å². The van der Waals surface area contributed by atoms with Gasteiger partial charge in [0, 0.05) is 5.56 Å². The molecule has 0 saturated heterocycles. The van der Waals surface area contributed by atoms with E-state index >= 15 is 0 Å². The predicted octanol–water partition coefficient (Wildman–Crippen LogP) is 0.647. The van der Waals surface area contributed by atoms with Gasteiger partial charge < -0.3 is 9.84 Å². The average molecular weight is 291 g/mol. The molecule has 0 fully saturated rings. The Hall–Kier alpha value is -2.21. The summed E-state index contributed by atoms with van der Waals surface area (Å²) in [6, 6.07) is 5.36. The smallest absolute Gasteiger partial charge is 0.320 e. The molecule has 0 bridgehead atoms. The summed E-state index contributed by atoms with van der Waals surface area (Å²) in [5.74, 6) is -3.43. The van der Waals surface area contributed by atoms with Crippen molar-refractivity contribution in [2.75, 3.05) is 7.11 Å². The van der Waals surface area contributed by atoms with Crippen LogP contribution >= 0.6 is 0 Å². The number of esters is 1. The summed E-state index contributed by atoms with van der Waals surface area (Å²) >= 11 is 0. The highest BCUT2D eigenvalue weighted by molar-refractivity contribution is 6.12. The lowest BCUT2D eigenvalue weighted by atomic mass is 10.0. The number of amides is 2. The zero-order valence-electron chi connectivity index (χ0n) is 12.1. The monoisotopic (exact) mass is 291 g/mol. The number of imide groups is 1. The molecule has 0 radical (unpaired) electrons. The molecule has 1 N–H and O–H groups in total. The summed E-state index contributed by atoms with van der Waals surface area (Å²) in [5.41, 5.74) is 2.00. The second-order valence-electron chi connectivity index (χ2n) is 5.08. The molecule has 6 nitrogen and oxygen atoms in total. The zero-order valence-corrected chi connectivity index (χ0v) is 12.1. The average Bonchev–Trinajstić information content (AvgIpc) is 2.77. The molecule has 2 amide bonds. The van der Waals surface area contributed by atoms with Crippen molar-refractivity contribution in [3.63, 3.8) is 0 Å². The molecule has 0 spiro atoms. The highest BCUT2D eigenvalue weighted by Gasteiger charge is 2.41. The molecule has 2 rings (SSSR count). The Kier molecular flexibility index (Phi) is 4.09. The van der Waals surface area contributed by atoms with E-state index in [9.17, 15) is 19.5 Å². The fourth-order valence-electron chi connectivity index (χ4n) is 2.52. The van der Waals surface area contributed by atoms with E-state index < -0.39 is 29.8 Å². The number of rotatable bonds is 3. The van der Waals surface area contributed by atoms with E-state index in [2.05, 4.69) is 4.74 Å². The van der Waals surface area contributed by atoms with Crippen molar-refractivity contribution in [2.45, 2.75) is 26.5 Å². The first kappa shape index (κ1) is 15.2. The number of aryl methyl sites for hydroxylation is 1. The fraction of sp³-hybridized carbons (Fsp3) is 0.400. The van der Waals surface area contributed by atoms with Crippen LogP contribution in [0.4, 0.5) is 0 Å². The molecule has 21 heavy (non-hydrogen) atoms. The molecule has 1 aliphatic heterocycles. The number of aliphatic hydroxyl groups excluding tert-OH is 1. The van der Waals surface area contributed by atoms with Crippen LogP contribution in [0.25, 0.3) is 0 Å². The maximum absolute atomic E-state index is 12.4. The zero-order chi connectivity index (χ0) is 15.7. The van der Waals surface area contributed by atoms with E-state index in [-0.39, 0.29) is 6.54 Å². The van der Waals surface area contributed by atoms with E-state index in [4.69, 9.17) is 0 Å². The second kappa shape index (κ2) is 5.65. The van der Waals surface area contributed by atoms with Gasteiger partial charge in [-0.25, -0.2) is 0 Å². The van der Waals surface area contributed by atoms with Gasteiger partial charge in [-0.3, -0.25) is 19.3 Å². The molecule has 1 aromatic rings. The minimum atomic E-state index is -1.39. The maximum atomic E-state index is 12.4. The first-order valence-corrected chi connectivity index (χ1v) is 6.58. The SMILES string of the molecule is COC(=O)C(C(=O)N1Cc2cccc(C)c2C1=O)C(C)O. The second-order valence-corrected chi connectivity index (χ2v) is 5.08. The van der Waals surface area contributed by atoms with Gasteiger partial charge in [0.2, 0.25) is 5.91 Å². The number of aliphatic hydroxyl groups is 1. The van der Waals surface area contributed by atoms with Crippen molar-refractivity contribution in [3.8, 4) is 0 Å². The lowest BCUT2D eigenvalue weighted by molar-refractivity contribution is -0.157. The van der Waals surface area contributed by atoms with Crippen LogP contribution in [0.1, 0.15) is 28.4 Å².